The minimum atomic E-state index is -0.437. The van der Waals surface area contributed by atoms with Gasteiger partial charge in [0.2, 0.25) is 0 Å². The Balaban J connectivity index is 1.39. The van der Waals surface area contributed by atoms with E-state index in [1.54, 1.807) is 0 Å². The van der Waals surface area contributed by atoms with Crippen LogP contribution in [0.1, 0.15) is 22.3 Å². The van der Waals surface area contributed by atoms with Gasteiger partial charge in [-0.2, -0.15) is 0 Å². The van der Waals surface area contributed by atoms with Crippen LogP contribution in [-0.4, -0.2) is 0 Å². The van der Waals surface area contributed by atoms with E-state index in [2.05, 4.69) is 162 Å². The Bertz CT molecular complexity index is 2240. The van der Waals surface area contributed by atoms with Crippen LogP contribution in [-0.2, 0) is 5.41 Å². The number of nitrogens with one attached hydrogen (secondary N) is 1. The van der Waals surface area contributed by atoms with Gasteiger partial charge in [-0.25, -0.2) is 0 Å². The molecule has 0 saturated heterocycles. The molecule has 7 aromatic rings. The number of benzene rings is 7. The third-order valence-electron chi connectivity index (χ3n) is 9.74. The minimum absolute atomic E-state index is 0.437. The highest BCUT2D eigenvalue weighted by atomic mass is 15.2. The summed E-state index contributed by atoms with van der Waals surface area (Å²) in [5.74, 6) is 0. The highest BCUT2D eigenvalue weighted by Crippen LogP contribution is 2.66. The minimum Gasteiger partial charge on any atom is -0.355 e. The van der Waals surface area contributed by atoms with Crippen molar-refractivity contribution in [1.29, 1.82) is 0 Å². The Morgan fingerprint density at radius 1 is 0.419 bits per heavy atom. The first-order valence-electron chi connectivity index (χ1n) is 15.0. The summed E-state index contributed by atoms with van der Waals surface area (Å²) in [7, 11) is 0. The van der Waals surface area contributed by atoms with Crippen molar-refractivity contribution >= 4 is 39.2 Å². The molecule has 1 spiro atoms. The molecule has 2 heterocycles. The maximum atomic E-state index is 3.69. The SMILES string of the molecule is c1ccc(Nc2ccc3c(c2)N2c4ccccc4-c4cccc5ccc(c2c45)C32c3ccccc3-c3ccccc32)cc1. The molecule has 0 aromatic heterocycles. The lowest BCUT2D eigenvalue weighted by atomic mass is 9.63. The first-order valence-corrected chi connectivity index (χ1v) is 15.0. The van der Waals surface area contributed by atoms with E-state index in [0.29, 0.717) is 0 Å². The zero-order valence-electron chi connectivity index (χ0n) is 23.4. The maximum Gasteiger partial charge on any atom is 0.0754 e. The van der Waals surface area contributed by atoms with Crippen molar-refractivity contribution in [3.63, 3.8) is 0 Å². The zero-order chi connectivity index (χ0) is 28.1. The van der Waals surface area contributed by atoms with Crippen molar-refractivity contribution in [3.8, 4) is 22.3 Å². The molecule has 2 heteroatoms. The summed E-state index contributed by atoms with van der Waals surface area (Å²) >= 11 is 0. The highest BCUT2D eigenvalue weighted by Gasteiger charge is 2.52. The molecular weight excluding hydrogens is 520 g/mol. The quantitative estimate of drug-likeness (QED) is 0.232. The molecule has 43 heavy (non-hydrogen) atoms. The standard InChI is InChI=1S/C41H26N2/c1-2-12-27(13-3-1)42-28-22-24-35-38(25-28)43-37-20-9-6-16-31(37)32-17-10-11-26-21-23-36(40(43)39(26)32)41(35)33-18-7-4-14-29(33)30-15-5-8-19-34(30)41/h1-25,42H. The smallest absolute Gasteiger partial charge is 0.0754 e. The van der Waals surface area contributed by atoms with Crippen molar-refractivity contribution in [2.45, 2.75) is 5.41 Å². The Hall–Kier alpha value is -5.60. The third kappa shape index (κ3) is 2.83. The van der Waals surface area contributed by atoms with E-state index in [1.165, 1.54) is 72.3 Å². The summed E-state index contributed by atoms with van der Waals surface area (Å²) in [6.45, 7) is 0. The molecule has 0 radical (unpaired) electrons. The summed E-state index contributed by atoms with van der Waals surface area (Å²) in [6.07, 6.45) is 0. The summed E-state index contributed by atoms with van der Waals surface area (Å²) in [5, 5.41) is 6.29. The van der Waals surface area contributed by atoms with Gasteiger partial charge in [-0.05, 0) is 74.7 Å². The highest BCUT2D eigenvalue weighted by molar-refractivity contribution is 6.17. The second-order valence-electron chi connectivity index (χ2n) is 11.8. The fourth-order valence-electron chi connectivity index (χ4n) is 8.15. The number of para-hydroxylation sites is 2. The largest absolute Gasteiger partial charge is 0.355 e. The lowest BCUT2D eigenvalue weighted by molar-refractivity contribution is 0.754. The van der Waals surface area contributed by atoms with E-state index < -0.39 is 5.41 Å². The van der Waals surface area contributed by atoms with Gasteiger partial charge in [-0.15, -0.1) is 0 Å². The summed E-state index contributed by atoms with van der Waals surface area (Å²) in [6, 6.07) is 55.9. The molecule has 0 saturated carbocycles. The van der Waals surface area contributed by atoms with E-state index in [0.717, 1.165) is 11.4 Å². The molecule has 0 amide bonds. The fraction of sp³-hybridized carbons (Fsp3) is 0.0244. The van der Waals surface area contributed by atoms with Gasteiger partial charge in [-0.3, -0.25) is 0 Å². The summed E-state index contributed by atoms with van der Waals surface area (Å²) in [4.78, 5) is 2.54. The number of anilines is 5. The second kappa shape index (κ2) is 8.24. The van der Waals surface area contributed by atoms with E-state index in [1.807, 2.05) is 0 Å². The molecule has 200 valence electrons. The van der Waals surface area contributed by atoms with Gasteiger partial charge in [0.15, 0.2) is 0 Å². The zero-order valence-corrected chi connectivity index (χ0v) is 23.4. The molecular formula is C41H26N2. The Morgan fingerprint density at radius 3 is 1.86 bits per heavy atom. The molecule has 7 aromatic carbocycles. The molecule has 0 fully saturated rings. The van der Waals surface area contributed by atoms with Crippen LogP contribution in [0.5, 0.6) is 0 Å². The van der Waals surface area contributed by atoms with Crippen molar-refractivity contribution in [2.24, 2.45) is 0 Å². The molecule has 2 nitrogen and oxygen atoms in total. The number of hydrogen-bond acceptors (Lipinski definition) is 2. The predicted molar refractivity (Wildman–Crippen MR) is 178 cm³/mol. The molecule has 1 aliphatic carbocycles. The van der Waals surface area contributed by atoms with Crippen LogP contribution < -0.4 is 10.2 Å². The first kappa shape index (κ1) is 23.0. The topological polar surface area (TPSA) is 15.3 Å². The van der Waals surface area contributed by atoms with Crippen LogP contribution in [0.2, 0.25) is 0 Å². The lowest BCUT2D eigenvalue weighted by Crippen LogP contribution is -2.37. The average molecular weight is 547 g/mol. The van der Waals surface area contributed by atoms with E-state index in [-0.39, 0.29) is 0 Å². The van der Waals surface area contributed by atoms with Crippen LogP contribution in [0.25, 0.3) is 33.0 Å². The molecule has 0 unspecified atom stereocenters. The summed E-state index contributed by atoms with van der Waals surface area (Å²) < 4.78 is 0. The molecule has 2 aliphatic heterocycles. The van der Waals surface area contributed by atoms with Gasteiger partial charge in [0.1, 0.15) is 0 Å². The van der Waals surface area contributed by atoms with Crippen LogP contribution in [0.3, 0.4) is 0 Å². The number of hydrogen-bond donors (Lipinski definition) is 1. The van der Waals surface area contributed by atoms with Gasteiger partial charge < -0.3 is 10.2 Å². The maximum absolute atomic E-state index is 3.69. The van der Waals surface area contributed by atoms with Gasteiger partial charge in [0, 0.05) is 22.3 Å². The predicted octanol–water partition coefficient (Wildman–Crippen LogP) is 10.7. The van der Waals surface area contributed by atoms with Crippen LogP contribution in [0.4, 0.5) is 28.4 Å². The van der Waals surface area contributed by atoms with Gasteiger partial charge in [0.25, 0.3) is 0 Å². The average Bonchev–Trinajstić information content (AvgIpc) is 3.36. The Labute approximate surface area is 250 Å². The number of rotatable bonds is 2. The Kier molecular flexibility index (Phi) is 4.41. The number of fused-ring (bicyclic) bond motifs is 12. The van der Waals surface area contributed by atoms with Crippen LogP contribution in [0, 0.1) is 0 Å². The molecule has 0 atom stereocenters. The van der Waals surface area contributed by atoms with Gasteiger partial charge in [-0.1, -0.05) is 121 Å². The Morgan fingerprint density at radius 2 is 1.07 bits per heavy atom. The monoisotopic (exact) mass is 546 g/mol. The van der Waals surface area contributed by atoms with Crippen LogP contribution >= 0.6 is 0 Å². The first-order chi connectivity index (χ1) is 21.3. The fourth-order valence-corrected chi connectivity index (χ4v) is 8.15. The van der Waals surface area contributed by atoms with E-state index in [9.17, 15) is 0 Å². The van der Waals surface area contributed by atoms with E-state index in [4.69, 9.17) is 0 Å². The molecule has 10 rings (SSSR count). The second-order valence-corrected chi connectivity index (χ2v) is 11.8. The number of nitrogens with zero attached hydrogens (tertiary/aromatic N) is 1. The molecule has 3 aliphatic rings. The van der Waals surface area contributed by atoms with Crippen molar-refractivity contribution in [3.05, 3.63) is 174 Å². The van der Waals surface area contributed by atoms with E-state index >= 15 is 0 Å². The third-order valence-corrected chi connectivity index (χ3v) is 9.74. The normalized spacial score (nSPS) is 14.2. The summed E-state index contributed by atoms with van der Waals surface area (Å²) in [5.41, 5.74) is 16.0. The van der Waals surface area contributed by atoms with Crippen LogP contribution in [0.15, 0.2) is 152 Å². The van der Waals surface area contributed by atoms with Crippen molar-refractivity contribution < 1.29 is 0 Å². The molecule has 0 bridgehead atoms. The van der Waals surface area contributed by atoms with Gasteiger partial charge >= 0.3 is 0 Å². The van der Waals surface area contributed by atoms with Gasteiger partial charge in [0.05, 0.1) is 22.5 Å². The van der Waals surface area contributed by atoms with Crippen molar-refractivity contribution in [1.82, 2.24) is 0 Å². The lowest BCUT2D eigenvalue weighted by Gasteiger charge is -2.47. The molecule has 1 N–H and O–H groups in total. The van der Waals surface area contributed by atoms with Crippen molar-refractivity contribution in [2.75, 3.05) is 10.2 Å².